The normalized spacial score (nSPS) is 17.6. The van der Waals surface area contributed by atoms with E-state index in [0.717, 1.165) is 26.9 Å². The van der Waals surface area contributed by atoms with Crippen molar-refractivity contribution in [2.24, 2.45) is 0 Å². The largest absolute Gasteiger partial charge is 0.400 e. The van der Waals surface area contributed by atoms with Gasteiger partial charge in [0.1, 0.15) is 0 Å². The van der Waals surface area contributed by atoms with Crippen LogP contribution in [-0.2, 0) is 9.47 Å². The lowest BCUT2D eigenvalue weighted by atomic mass is 10.1. The molecule has 0 amide bonds. The molecular weight excluding hydrogens is 264 g/mol. The predicted molar refractivity (Wildman–Crippen MR) is 89.8 cm³/mol. The topological polar surface area (TPSA) is 38.7 Å². The van der Waals surface area contributed by atoms with E-state index in [9.17, 15) is 0 Å². The van der Waals surface area contributed by atoms with Gasteiger partial charge in [-0.15, -0.1) is 0 Å². The summed E-state index contributed by atoms with van der Waals surface area (Å²) in [7, 11) is 1.00. The van der Waals surface area contributed by atoms with E-state index in [0.29, 0.717) is 6.10 Å². The van der Waals surface area contributed by atoms with E-state index in [1.165, 1.54) is 77.0 Å². The monoisotopic (exact) mass is 302 g/mol. The number of aliphatic hydroxyl groups is 1. The second-order valence-electron chi connectivity index (χ2n) is 5.89. The van der Waals surface area contributed by atoms with Gasteiger partial charge in [-0.1, -0.05) is 64.7 Å². The molecule has 21 heavy (non-hydrogen) atoms. The predicted octanol–water partition coefficient (Wildman–Crippen LogP) is 4.71. The van der Waals surface area contributed by atoms with Gasteiger partial charge < -0.3 is 14.6 Å². The average molecular weight is 302 g/mol. The second-order valence-corrected chi connectivity index (χ2v) is 5.89. The van der Waals surface area contributed by atoms with Gasteiger partial charge in [0, 0.05) is 20.3 Å². The molecular formula is C18H38O3. The van der Waals surface area contributed by atoms with Gasteiger partial charge in [0.05, 0.1) is 12.7 Å². The third-order valence-electron chi connectivity index (χ3n) is 3.97. The van der Waals surface area contributed by atoms with Crippen molar-refractivity contribution < 1.29 is 14.6 Å². The summed E-state index contributed by atoms with van der Waals surface area (Å²) >= 11 is 0. The Bertz CT molecular complexity index is 179. The molecule has 0 bridgehead atoms. The Kier molecular flexibility index (Phi) is 17.8. The molecule has 3 nitrogen and oxygen atoms in total. The zero-order valence-electron chi connectivity index (χ0n) is 14.4. The lowest BCUT2D eigenvalue weighted by Crippen LogP contribution is -2.14. The van der Waals surface area contributed by atoms with Crippen LogP contribution in [0.2, 0.25) is 0 Å². The van der Waals surface area contributed by atoms with Crippen molar-refractivity contribution in [3.8, 4) is 0 Å². The van der Waals surface area contributed by atoms with Crippen LogP contribution in [0.1, 0.15) is 84.0 Å². The first-order chi connectivity index (χ1) is 10.4. The maximum Gasteiger partial charge on any atom is 0.0809 e. The minimum Gasteiger partial charge on any atom is -0.400 e. The molecule has 0 aromatic heterocycles. The lowest BCUT2D eigenvalue weighted by Gasteiger charge is -2.09. The molecule has 0 aromatic carbocycles. The molecule has 1 unspecified atom stereocenters. The molecule has 1 heterocycles. The summed E-state index contributed by atoms with van der Waals surface area (Å²) in [5, 5.41) is 7.00. The van der Waals surface area contributed by atoms with Gasteiger partial charge in [-0.25, -0.2) is 0 Å². The summed E-state index contributed by atoms with van der Waals surface area (Å²) in [6.07, 6.45) is 16.7. The average Bonchev–Trinajstić information content (AvgIpc) is 3.04. The minimum absolute atomic E-state index is 0.392. The van der Waals surface area contributed by atoms with Crippen LogP contribution in [0.4, 0.5) is 0 Å². The van der Waals surface area contributed by atoms with Crippen LogP contribution in [-0.4, -0.2) is 38.1 Å². The fourth-order valence-corrected chi connectivity index (χ4v) is 2.68. The maximum atomic E-state index is 7.00. The van der Waals surface area contributed by atoms with E-state index in [-0.39, 0.29) is 0 Å². The van der Waals surface area contributed by atoms with E-state index in [1.807, 2.05) is 0 Å². The number of unbranched alkanes of at least 4 members (excludes halogenated alkanes) is 9. The third-order valence-corrected chi connectivity index (χ3v) is 3.97. The number of hydrogen-bond donors (Lipinski definition) is 1. The van der Waals surface area contributed by atoms with Crippen molar-refractivity contribution in [1.82, 2.24) is 0 Å². The van der Waals surface area contributed by atoms with Crippen molar-refractivity contribution in [3.05, 3.63) is 0 Å². The third kappa shape index (κ3) is 14.6. The highest BCUT2D eigenvalue weighted by Gasteiger charge is 2.14. The summed E-state index contributed by atoms with van der Waals surface area (Å²) in [6.45, 7) is 4.96. The van der Waals surface area contributed by atoms with Crippen LogP contribution < -0.4 is 0 Å². The SMILES string of the molecule is CCCCCCCCCCCCOCC1CCCO1.CO. The first-order valence-corrected chi connectivity index (χ1v) is 9.07. The highest BCUT2D eigenvalue weighted by atomic mass is 16.5. The summed E-state index contributed by atoms with van der Waals surface area (Å²) in [5.74, 6) is 0. The Hall–Kier alpha value is -0.120. The van der Waals surface area contributed by atoms with Crippen molar-refractivity contribution >= 4 is 0 Å². The van der Waals surface area contributed by atoms with Crippen LogP contribution >= 0.6 is 0 Å². The molecule has 1 N–H and O–H groups in total. The highest BCUT2D eigenvalue weighted by molar-refractivity contribution is 4.63. The van der Waals surface area contributed by atoms with Gasteiger partial charge >= 0.3 is 0 Å². The van der Waals surface area contributed by atoms with Crippen molar-refractivity contribution in [3.63, 3.8) is 0 Å². The standard InChI is InChI=1S/C17H34O2.CH4O/c1-2-3-4-5-6-7-8-9-10-11-14-18-16-17-13-12-15-19-17;1-2/h17H,2-16H2,1H3;2H,1H3. The molecule has 0 aromatic rings. The Morgan fingerprint density at radius 1 is 0.905 bits per heavy atom. The molecule has 128 valence electrons. The Balaban J connectivity index is 0.00000191. The number of ether oxygens (including phenoxy) is 2. The van der Waals surface area contributed by atoms with Crippen LogP contribution in [0.3, 0.4) is 0 Å². The van der Waals surface area contributed by atoms with E-state index in [1.54, 1.807) is 0 Å². The summed E-state index contributed by atoms with van der Waals surface area (Å²) < 4.78 is 11.2. The summed E-state index contributed by atoms with van der Waals surface area (Å²) in [6, 6.07) is 0. The van der Waals surface area contributed by atoms with Gasteiger partial charge in [-0.3, -0.25) is 0 Å². The molecule has 0 aliphatic carbocycles. The second kappa shape index (κ2) is 17.9. The quantitative estimate of drug-likeness (QED) is 0.501. The molecule has 0 saturated carbocycles. The van der Waals surface area contributed by atoms with Crippen LogP contribution in [0.25, 0.3) is 0 Å². The number of rotatable bonds is 13. The van der Waals surface area contributed by atoms with E-state index < -0.39 is 0 Å². The lowest BCUT2D eigenvalue weighted by molar-refractivity contribution is 0.0161. The molecule has 3 heteroatoms. The van der Waals surface area contributed by atoms with Crippen LogP contribution in [0.15, 0.2) is 0 Å². The van der Waals surface area contributed by atoms with Crippen molar-refractivity contribution in [2.75, 3.05) is 26.9 Å². The number of aliphatic hydroxyl groups excluding tert-OH is 1. The molecule has 1 aliphatic rings. The van der Waals surface area contributed by atoms with E-state index >= 15 is 0 Å². The number of hydrogen-bond acceptors (Lipinski definition) is 3. The van der Waals surface area contributed by atoms with Gasteiger partial charge in [0.2, 0.25) is 0 Å². The fourth-order valence-electron chi connectivity index (χ4n) is 2.68. The zero-order valence-corrected chi connectivity index (χ0v) is 14.4. The smallest absolute Gasteiger partial charge is 0.0809 e. The molecule has 1 saturated heterocycles. The Labute approximate surface area is 132 Å². The molecule has 1 aliphatic heterocycles. The summed E-state index contributed by atoms with van der Waals surface area (Å²) in [5.41, 5.74) is 0. The minimum atomic E-state index is 0.392. The van der Waals surface area contributed by atoms with Gasteiger partial charge in [-0.05, 0) is 19.3 Å². The first-order valence-electron chi connectivity index (χ1n) is 9.07. The van der Waals surface area contributed by atoms with E-state index in [2.05, 4.69) is 6.92 Å². The van der Waals surface area contributed by atoms with Crippen LogP contribution in [0, 0.1) is 0 Å². The first kappa shape index (κ1) is 20.9. The molecule has 1 fully saturated rings. The maximum absolute atomic E-state index is 7.00. The Morgan fingerprint density at radius 3 is 2.00 bits per heavy atom. The highest BCUT2D eigenvalue weighted by Crippen LogP contribution is 2.13. The zero-order chi connectivity index (χ0) is 15.6. The molecule has 1 atom stereocenters. The van der Waals surface area contributed by atoms with Gasteiger partial charge in [-0.2, -0.15) is 0 Å². The van der Waals surface area contributed by atoms with Crippen LogP contribution in [0.5, 0.6) is 0 Å². The summed E-state index contributed by atoms with van der Waals surface area (Å²) in [4.78, 5) is 0. The molecule has 1 rings (SSSR count). The van der Waals surface area contributed by atoms with Crippen molar-refractivity contribution in [1.29, 1.82) is 0 Å². The Morgan fingerprint density at radius 2 is 1.48 bits per heavy atom. The fraction of sp³-hybridized carbons (Fsp3) is 1.00. The van der Waals surface area contributed by atoms with Gasteiger partial charge in [0.25, 0.3) is 0 Å². The molecule has 0 radical (unpaired) electrons. The van der Waals surface area contributed by atoms with Crippen molar-refractivity contribution in [2.45, 2.75) is 90.1 Å². The van der Waals surface area contributed by atoms with E-state index in [4.69, 9.17) is 14.6 Å². The molecule has 0 spiro atoms. The van der Waals surface area contributed by atoms with Gasteiger partial charge in [0.15, 0.2) is 0 Å².